The first-order valence-corrected chi connectivity index (χ1v) is 7.95. The molecule has 0 bridgehead atoms. The zero-order chi connectivity index (χ0) is 17.0. The molecular formula is C20H23NO3. The Morgan fingerprint density at radius 3 is 2.25 bits per heavy atom. The van der Waals surface area contributed by atoms with E-state index in [0.29, 0.717) is 19.8 Å². The van der Waals surface area contributed by atoms with Crippen molar-refractivity contribution in [3.63, 3.8) is 0 Å². The van der Waals surface area contributed by atoms with Crippen LogP contribution >= 0.6 is 0 Å². The molecule has 0 aliphatic heterocycles. The molecule has 4 nitrogen and oxygen atoms in total. The van der Waals surface area contributed by atoms with Crippen molar-refractivity contribution in [3.8, 4) is 0 Å². The van der Waals surface area contributed by atoms with Crippen LogP contribution in [0.15, 0.2) is 73.3 Å². The van der Waals surface area contributed by atoms with Gasteiger partial charge in [0.2, 0.25) is 0 Å². The maximum Gasteiger partial charge on any atom is 0.178 e. The number of ether oxygens (including phenoxy) is 2. The van der Waals surface area contributed by atoms with Gasteiger partial charge in [-0.1, -0.05) is 66.7 Å². The van der Waals surface area contributed by atoms with Crippen molar-refractivity contribution in [1.29, 1.82) is 0 Å². The van der Waals surface area contributed by atoms with Gasteiger partial charge in [0, 0.05) is 5.56 Å². The Labute approximate surface area is 143 Å². The van der Waals surface area contributed by atoms with Crippen molar-refractivity contribution >= 4 is 6.21 Å². The zero-order valence-corrected chi connectivity index (χ0v) is 13.7. The van der Waals surface area contributed by atoms with Gasteiger partial charge >= 0.3 is 0 Å². The molecule has 0 radical (unpaired) electrons. The minimum atomic E-state index is -0.201. The molecule has 0 N–H and O–H groups in total. The standard InChI is InChI=1S/C20H23NO3/c1-2-20(24-16-19-11-7-4-8-12-19)17-23-14-13-21(22)15-18-9-5-3-6-10-18/h2-13,20H,1,14-17H2/b21-13-. The highest BCUT2D eigenvalue weighted by Crippen LogP contribution is 2.04. The number of benzene rings is 2. The van der Waals surface area contributed by atoms with Gasteiger partial charge in [-0.15, -0.1) is 6.58 Å². The molecule has 0 aliphatic rings. The van der Waals surface area contributed by atoms with Crippen LogP contribution in [-0.4, -0.2) is 30.3 Å². The zero-order valence-electron chi connectivity index (χ0n) is 13.7. The number of nitrogens with zero attached hydrogens (tertiary/aromatic N) is 1. The SMILES string of the molecule is C=CC(COC/C=[N+](\[O-])Cc1ccccc1)OCc1ccccc1. The summed E-state index contributed by atoms with van der Waals surface area (Å²) in [6.45, 7) is 5.19. The summed E-state index contributed by atoms with van der Waals surface area (Å²) < 4.78 is 12.1. The molecule has 0 spiro atoms. The van der Waals surface area contributed by atoms with Gasteiger partial charge in [0.1, 0.15) is 6.61 Å². The number of hydroxylamine groups is 1. The molecule has 0 heterocycles. The van der Waals surface area contributed by atoms with E-state index in [1.165, 1.54) is 6.21 Å². The Bertz CT molecular complexity index is 626. The molecule has 0 saturated heterocycles. The van der Waals surface area contributed by atoms with Gasteiger partial charge in [0.15, 0.2) is 12.8 Å². The van der Waals surface area contributed by atoms with Crippen LogP contribution in [0.2, 0.25) is 0 Å². The van der Waals surface area contributed by atoms with Gasteiger partial charge in [0.25, 0.3) is 0 Å². The van der Waals surface area contributed by atoms with Crippen LogP contribution in [0, 0.1) is 5.21 Å². The summed E-state index contributed by atoms with van der Waals surface area (Å²) in [7, 11) is 0. The second-order valence-electron chi connectivity index (χ2n) is 5.35. The van der Waals surface area contributed by atoms with Crippen molar-refractivity contribution in [2.45, 2.75) is 19.3 Å². The monoisotopic (exact) mass is 325 g/mol. The van der Waals surface area contributed by atoms with Crippen LogP contribution in [0.5, 0.6) is 0 Å². The predicted molar refractivity (Wildman–Crippen MR) is 95.9 cm³/mol. The molecule has 0 fully saturated rings. The Kier molecular flexibility index (Phi) is 7.74. The average Bonchev–Trinajstić information content (AvgIpc) is 2.63. The van der Waals surface area contributed by atoms with E-state index in [2.05, 4.69) is 6.58 Å². The molecule has 1 unspecified atom stereocenters. The van der Waals surface area contributed by atoms with Gasteiger partial charge in [-0.05, 0) is 5.56 Å². The minimum absolute atomic E-state index is 0.201. The Morgan fingerprint density at radius 1 is 1.00 bits per heavy atom. The predicted octanol–water partition coefficient (Wildman–Crippen LogP) is 3.56. The van der Waals surface area contributed by atoms with Crippen molar-refractivity contribution in [3.05, 3.63) is 89.7 Å². The average molecular weight is 325 g/mol. The number of hydrogen-bond acceptors (Lipinski definition) is 3. The lowest BCUT2D eigenvalue weighted by atomic mass is 10.2. The molecule has 4 heteroatoms. The van der Waals surface area contributed by atoms with Crippen molar-refractivity contribution in [2.75, 3.05) is 13.2 Å². The van der Waals surface area contributed by atoms with E-state index in [-0.39, 0.29) is 12.7 Å². The van der Waals surface area contributed by atoms with Crippen LogP contribution in [0.1, 0.15) is 11.1 Å². The summed E-state index contributed by atoms with van der Waals surface area (Å²) >= 11 is 0. The normalized spacial score (nSPS) is 12.8. The van der Waals surface area contributed by atoms with E-state index in [1.54, 1.807) is 6.08 Å². The van der Waals surface area contributed by atoms with Gasteiger partial charge in [-0.2, -0.15) is 0 Å². The highest BCUT2D eigenvalue weighted by molar-refractivity contribution is 5.52. The quantitative estimate of drug-likeness (QED) is 0.168. The van der Waals surface area contributed by atoms with Crippen molar-refractivity contribution in [2.24, 2.45) is 0 Å². The lowest BCUT2D eigenvalue weighted by molar-refractivity contribution is -0.471. The molecule has 0 saturated carbocycles. The molecule has 2 aromatic rings. The minimum Gasteiger partial charge on any atom is -0.624 e. The fraction of sp³-hybridized carbons (Fsp3) is 0.250. The maximum absolute atomic E-state index is 11.8. The van der Waals surface area contributed by atoms with E-state index in [9.17, 15) is 5.21 Å². The van der Waals surface area contributed by atoms with Gasteiger partial charge < -0.3 is 14.7 Å². The molecule has 1 atom stereocenters. The van der Waals surface area contributed by atoms with Crippen LogP contribution in [0.25, 0.3) is 0 Å². The van der Waals surface area contributed by atoms with Crippen LogP contribution in [-0.2, 0) is 22.6 Å². The summed E-state index contributed by atoms with van der Waals surface area (Å²) in [6.07, 6.45) is 3.00. The third kappa shape index (κ3) is 6.77. The Balaban J connectivity index is 1.67. The molecule has 0 aliphatic carbocycles. The second-order valence-corrected chi connectivity index (χ2v) is 5.35. The molecule has 0 amide bonds. The lowest BCUT2D eigenvalue weighted by Gasteiger charge is -2.13. The van der Waals surface area contributed by atoms with Gasteiger partial charge in [-0.25, -0.2) is 4.74 Å². The molecule has 24 heavy (non-hydrogen) atoms. The third-order valence-electron chi connectivity index (χ3n) is 3.43. The first-order chi connectivity index (χ1) is 11.8. The van der Waals surface area contributed by atoms with E-state index in [1.807, 2.05) is 60.7 Å². The lowest BCUT2D eigenvalue weighted by Crippen LogP contribution is -2.19. The summed E-state index contributed by atoms with van der Waals surface area (Å²) in [4.78, 5) is 0. The molecule has 2 rings (SSSR count). The smallest absolute Gasteiger partial charge is 0.178 e. The Hall–Kier alpha value is -2.43. The van der Waals surface area contributed by atoms with Crippen LogP contribution in [0.4, 0.5) is 0 Å². The summed E-state index contributed by atoms with van der Waals surface area (Å²) in [5, 5.41) is 11.8. The summed E-state index contributed by atoms with van der Waals surface area (Å²) in [5.74, 6) is 0. The molecule has 2 aromatic carbocycles. The van der Waals surface area contributed by atoms with Gasteiger partial charge in [-0.3, -0.25) is 0 Å². The highest BCUT2D eigenvalue weighted by Gasteiger charge is 2.05. The summed E-state index contributed by atoms with van der Waals surface area (Å²) in [6, 6.07) is 19.5. The fourth-order valence-electron chi connectivity index (χ4n) is 2.11. The van der Waals surface area contributed by atoms with E-state index in [0.717, 1.165) is 15.9 Å². The van der Waals surface area contributed by atoms with E-state index in [4.69, 9.17) is 9.47 Å². The van der Waals surface area contributed by atoms with Crippen molar-refractivity contribution in [1.82, 2.24) is 0 Å². The summed E-state index contributed by atoms with van der Waals surface area (Å²) in [5.41, 5.74) is 2.07. The Morgan fingerprint density at radius 2 is 1.62 bits per heavy atom. The first-order valence-electron chi connectivity index (χ1n) is 7.95. The van der Waals surface area contributed by atoms with Crippen LogP contribution in [0.3, 0.4) is 0 Å². The third-order valence-corrected chi connectivity index (χ3v) is 3.43. The van der Waals surface area contributed by atoms with E-state index >= 15 is 0 Å². The van der Waals surface area contributed by atoms with E-state index < -0.39 is 0 Å². The van der Waals surface area contributed by atoms with Gasteiger partial charge in [0.05, 0.1) is 19.3 Å². The first kappa shape index (κ1) is 17.9. The highest BCUT2D eigenvalue weighted by atomic mass is 16.5. The van der Waals surface area contributed by atoms with Crippen LogP contribution < -0.4 is 0 Å². The topological polar surface area (TPSA) is 44.5 Å². The van der Waals surface area contributed by atoms with Crippen molar-refractivity contribution < 1.29 is 14.2 Å². The second kappa shape index (κ2) is 10.4. The largest absolute Gasteiger partial charge is 0.624 e. The molecule has 126 valence electrons. The molecular weight excluding hydrogens is 302 g/mol. The number of hydrogen-bond donors (Lipinski definition) is 0. The number of rotatable bonds is 10. The maximum atomic E-state index is 11.8. The fourth-order valence-corrected chi connectivity index (χ4v) is 2.11. The molecule has 0 aromatic heterocycles.